The number of barbiturate groups is 1. The number of nitrogens with one attached hydrogen (secondary N) is 1. The third-order valence-electron chi connectivity index (χ3n) is 5.14. The molecule has 1 aliphatic rings. The van der Waals surface area contributed by atoms with Gasteiger partial charge in [0.1, 0.15) is 5.57 Å². The molecule has 1 aliphatic heterocycles. The molecule has 0 aliphatic carbocycles. The molecule has 6 nitrogen and oxygen atoms in total. The molecular formula is C24H21N3O3. The van der Waals surface area contributed by atoms with Crippen molar-refractivity contribution < 1.29 is 14.4 Å². The maximum absolute atomic E-state index is 13.2. The quantitative estimate of drug-likeness (QED) is 0.533. The van der Waals surface area contributed by atoms with E-state index in [4.69, 9.17) is 0 Å². The molecule has 0 unspecified atom stereocenters. The van der Waals surface area contributed by atoms with Crippen molar-refractivity contribution in [3.63, 3.8) is 0 Å². The van der Waals surface area contributed by atoms with Crippen LogP contribution in [0.25, 0.3) is 11.8 Å². The molecule has 1 N–H and O–H groups in total. The summed E-state index contributed by atoms with van der Waals surface area (Å²) < 4.78 is 1.91. The molecule has 1 fully saturated rings. The highest BCUT2D eigenvalue weighted by Crippen LogP contribution is 2.26. The molecule has 1 saturated heterocycles. The van der Waals surface area contributed by atoms with Gasteiger partial charge in [-0.2, -0.15) is 0 Å². The third-order valence-corrected chi connectivity index (χ3v) is 5.14. The van der Waals surface area contributed by atoms with Gasteiger partial charge >= 0.3 is 6.03 Å². The van der Waals surface area contributed by atoms with Crippen LogP contribution in [-0.2, 0) is 9.59 Å². The number of aryl methyl sites for hydroxylation is 3. The number of urea groups is 1. The minimum absolute atomic E-state index is 0.0948. The average Bonchev–Trinajstić information content (AvgIpc) is 3.14. The van der Waals surface area contributed by atoms with E-state index in [-0.39, 0.29) is 5.57 Å². The van der Waals surface area contributed by atoms with Crippen LogP contribution in [0.2, 0.25) is 0 Å². The highest BCUT2D eigenvalue weighted by molar-refractivity contribution is 6.39. The van der Waals surface area contributed by atoms with Crippen LogP contribution >= 0.6 is 0 Å². The number of nitrogens with zero attached hydrogens (tertiary/aromatic N) is 2. The third kappa shape index (κ3) is 3.33. The van der Waals surface area contributed by atoms with Crippen molar-refractivity contribution in [2.45, 2.75) is 20.8 Å². The Hall–Kier alpha value is -3.93. The van der Waals surface area contributed by atoms with Gasteiger partial charge < -0.3 is 4.57 Å². The number of carbonyl (C=O) groups is 3. The predicted octanol–water partition coefficient (Wildman–Crippen LogP) is 4.07. The zero-order chi connectivity index (χ0) is 21.4. The summed E-state index contributed by atoms with van der Waals surface area (Å²) in [4.78, 5) is 39.1. The van der Waals surface area contributed by atoms with Crippen LogP contribution in [0.15, 0.2) is 66.4 Å². The van der Waals surface area contributed by atoms with Gasteiger partial charge in [-0.3, -0.25) is 14.9 Å². The summed E-state index contributed by atoms with van der Waals surface area (Å²) in [6.45, 7) is 5.84. The summed E-state index contributed by atoms with van der Waals surface area (Å²) in [6, 6.07) is 16.1. The summed E-state index contributed by atoms with van der Waals surface area (Å²) in [5, 5.41) is 2.28. The van der Waals surface area contributed by atoms with Gasteiger partial charge in [-0.1, -0.05) is 35.9 Å². The van der Waals surface area contributed by atoms with E-state index in [1.54, 1.807) is 25.1 Å². The Morgan fingerprint density at radius 3 is 2.33 bits per heavy atom. The topological polar surface area (TPSA) is 71.4 Å². The summed E-state index contributed by atoms with van der Waals surface area (Å²) >= 11 is 0. The molecule has 4 amide bonds. The Morgan fingerprint density at radius 2 is 1.60 bits per heavy atom. The van der Waals surface area contributed by atoms with Gasteiger partial charge in [-0.25, -0.2) is 9.69 Å². The molecule has 2 heterocycles. The van der Waals surface area contributed by atoms with Gasteiger partial charge in [-0.15, -0.1) is 0 Å². The fourth-order valence-corrected chi connectivity index (χ4v) is 3.65. The fraction of sp³-hybridized carbons (Fsp3) is 0.125. The van der Waals surface area contributed by atoms with Gasteiger partial charge in [0.25, 0.3) is 11.8 Å². The van der Waals surface area contributed by atoms with E-state index in [0.29, 0.717) is 11.4 Å². The molecule has 30 heavy (non-hydrogen) atoms. The van der Waals surface area contributed by atoms with Gasteiger partial charge in [0.05, 0.1) is 5.69 Å². The van der Waals surface area contributed by atoms with Crippen LogP contribution in [-0.4, -0.2) is 22.4 Å². The van der Waals surface area contributed by atoms with Gasteiger partial charge in [0, 0.05) is 17.6 Å². The molecule has 0 saturated carbocycles. The lowest BCUT2D eigenvalue weighted by atomic mass is 10.1. The Morgan fingerprint density at radius 1 is 0.833 bits per heavy atom. The van der Waals surface area contributed by atoms with Crippen LogP contribution in [0.3, 0.4) is 0 Å². The highest BCUT2D eigenvalue weighted by Gasteiger charge is 2.37. The number of para-hydroxylation sites is 1. The summed E-state index contributed by atoms with van der Waals surface area (Å²) in [5.74, 6) is -1.35. The highest BCUT2D eigenvalue weighted by atomic mass is 16.2. The van der Waals surface area contributed by atoms with Crippen molar-refractivity contribution in [3.05, 3.63) is 88.8 Å². The van der Waals surface area contributed by atoms with Crippen LogP contribution in [0.4, 0.5) is 10.5 Å². The number of rotatable bonds is 3. The number of hydrogen-bond donors (Lipinski definition) is 1. The van der Waals surface area contributed by atoms with Gasteiger partial charge in [0.15, 0.2) is 0 Å². The first kappa shape index (κ1) is 19.4. The number of aromatic nitrogens is 1. The van der Waals surface area contributed by atoms with Crippen LogP contribution < -0.4 is 10.2 Å². The normalized spacial score (nSPS) is 15.6. The molecule has 2 aromatic carbocycles. The van der Waals surface area contributed by atoms with Crippen molar-refractivity contribution in [2.75, 3.05) is 4.90 Å². The molecule has 3 aromatic rings. The Kier molecular flexibility index (Phi) is 4.83. The van der Waals surface area contributed by atoms with E-state index in [1.807, 2.05) is 54.9 Å². The summed E-state index contributed by atoms with van der Waals surface area (Å²) in [5.41, 5.74) is 4.95. The first-order valence-corrected chi connectivity index (χ1v) is 9.59. The van der Waals surface area contributed by atoms with Crippen molar-refractivity contribution in [1.29, 1.82) is 0 Å². The van der Waals surface area contributed by atoms with Crippen molar-refractivity contribution in [1.82, 2.24) is 9.88 Å². The van der Waals surface area contributed by atoms with Crippen LogP contribution in [0.5, 0.6) is 0 Å². The lowest BCUT2D eigenvalue weighted by molar-refractivity contribution is -0.122. The second-order valence-corrected chi connectivity index (χ2v) is 7.34. The molecule has 0 atom stereocenters. The Bertz CT molecular complexity index is 1220. The van der Waals surface area contributed by atoms with Gasteiger partial charge in [0.2, 0.25) is 0 Å². The lowest BCUT2D eigenvalue weighted by Gasteiger charge is -2.27. The lowest BCUT2D eigenvalue weighted by Crippen LogP contribution is -2.54. The molecule has 150 valence electrons. The number of amides is 4. The van der Waals surface area contributed by atoms with E-state index < -0.39 is 17.8 Å². The van der Waals surface area contributed by atoms with Gasteiger partial charge in [-0.05, 0) is 62.2 Å². The maximum Gasteiger partial charge on any atom is 0.335 e. The molecule has 0 bridgehead atoms. The number of imide groups is 2. The number of carbonyl (C=O) groups excluding carboxylic acids is 3. The summed E-state index contributed by atoms with van der Waals surface area (Å²) in [7, 11) is 0. The first-order valence-electron chi connectivity index (χ1n) is 9.59. The monoisotopic (exact) mass is 399 g/mol. The molecule has 1 aromatic heterocycles. The average molecular weight is 399 g/mol. The predicted molar refractivity (Wildman–Crippen MR) is 115 cm³/mol. The largest absolute Gasteiger partial charge is 0.335 e. The Balaban J connectivity index is 1.78. The number of hydrogen-bond acceptors (Lipinski definition) is 3. The maximum atomic E-state index is 13.2. The molecule has 0 spiro atoms. The van der Waals surface area contributed by atoms with E-state index >= 15 is 0 Å². The fourth-order valence-electron chi connectivity index (χ4n) is 3.65. The summed E-state index contributed by atoms with van der Waals surface area (Å²) in [6.07, 6.45) is 3.40. The minimum atomic E-state index is -0.749. The first-order chi connectivity index (χ1) is 14.4. The molecule has 6 heteroatoms. The molecule has 0 radical (unpaired) electrons. The second-order valence-electron chi connectivity index (χ2n) is 7.34. The number of benzene rings is 2. The zero-order valence-electron chi connectivity index (χ0n) is 17.0. The minimum Gasteiger partial charge on any atom is -0.317 e. The molecule has 4 rings (SSSR count). The van der Waals surface area contributed by atoms with Crippen molar-refractivity contribution in [3.8, 4) is 5.69 Å². The van der Waals surface area contributed by atoms with E-state index in [2.05, 4.69) is 11.4 Å². The standard InChI is InChI=1S/C24H21N3O3/c1-15-10-11-20(17(3)13-15)26-12-6-8-18(26)14-19-22(28)25-24(30)27(23(19)29)21-9-5-4-7-16(21)2/h4-14H,1-3H3,(H,25,28,30)/b19-14+. The zero-order valence-corrected chi connectivity index (χ0v) is 17.0. The van der Waals surface area contributed by atoms with Crippen molar-refractivity contribution >= 4 is 29.6 Å². The SMILES string of the molecule is Cc1ccc(-n2cccc2/C=C2\C(=O)NC(=O)N(c3ccccc3C)C2=O)c(C)c1. The smallest absolute Gasteiger partial charge is 0.317 e. The second kappa shape index (κ2) is 7.48. The van der Waals surface area contributed by atoms with Crippen LogP contribution in [0.1, 0.15) is 22.4 Å². The van der Waals surface area contributed by atoms with E-state index in [1.165, 1.54) is 6.08 Å². The van der Waals surface area contributed by atoms with E-state index in [9.17, 15) is 14.4 Å². The Labute approximate surface area is 174 Å². The van der Waals surface area contributed by atoms with E-state index in [0.717, 1.165) is 27.3 Å². The molecular weight excluding hydrogens is 378 g/mol. The van der Waals surface area contributed by atoms with Crippen LogP contribution in [0, 0.1) is 20.8 Å². The number of anilines is 1. The van der Waals surface area contributed by atoms with Crippen molar-refractivity contribution in [2.24, 2.45) is 0 Å².